The van der Waals surface area contributed by atoms with E-state index < -0.39 is 85.4 Å². The molecule has 0 spiro atoms. The Bertz CT molecular complexity index is 3410. The lowest BCUT2D eigenvalue weighted by Gasteiger charge is -2.48. The number of carbonyl (C=O) groups excluding carboxylic acids is 5. The molecule has 5 fully saturated rings. The summed E-state index contributed by atoms with van der Waals surface area (Å²) in [6.07, 6.45) is 0.686. The topological polar surface area (TPSA) is 279 Å². The van der Waals surface area contributed by atoms with Gasteiger partial charge in [-0.3, -0.25) is 0 Å². The van der Waals surface area contributed by atoms with Gasteiger partial charge in [0.2, 0.25) is 24.7 Å². The number of carbonyl (C=O) groups is 5. The van der Waals surface area contributed by atoms with E-state index in [0.29, 0.717) is 92.3 Å². The van der Waals surface area contributed by atoms with Crippen molar-refractivity contribution in [2.75, 3.05) is 35.5 Å². The van der Waals surface area contributed by atoms with Crippen molar-refractivity contribution in [3.05, 3.63) is 152 Å². The van der Waals surface area contributed by atoms with Gasteiger partial charge in [-0.2, -0.15) is 0 Å². The van der Waals surface area contributed by atoms with Gasteiger partial charge in [0.05, 0.1) is 84.4 Å². The van der Waals surface area contributed by atoms with Gasteiger partial charge in [0.25, 0.3) is 0 Å². The van der Waals surface area contributed by atoms with Gasteiger partial charge in [0.1, 0.15) is 12.2 Å². The normalized spacial score (nSPS) is 31.7. The summed E-state index contributed by atoms with van der Waals surface area (Å²) in [5.41, 5.74) is 0. The summed E-state index contributed by atoms with van der Waals surface area (Å²) in [4.78, 5) is 62.8. The molecule has 5 heterocycles. The second-order valence-corrected chi connectivity index (χ2v) is 42.4. The Kier molecular flexibility index (Phi) is 46.2. The molecule has 5 saturated heterocycles. The predicted molar refractivity (Wildman–Crippen MR) is 508 cm³/mol. The number of hydrogen-bond donors (Lipinski definition) is 5. The maximum absolute atomic E-state index is 12.8. The Morgan fingerprint density at radius 3 is 0.651 bits per heavy atom. The minimum atomic E-state index is -1.23. The summed E-state index contributed by atoms with van der Waals surface area (Å²) in [6, 6.07) is 48.8. The molecular weight excluding hydrogens is 1690 g/mol. The standard InChI is InChI=1S/2C21H32O3S.C20H30O4S.2C19H28O5S.CH4/c2*1-7-14(2)16(4)19-17(5)15(3)13-21(24-19,20(22)23-6)25-18-11-9-8-10-12-18;1-6-13(2)17(21)18-15(4)14(3)12-20(24-18,19(22)23-5)25-16-10-8-7-9-11-16;2*1-5-15(20)16(21)17-13(3)12(2)11-19(24-17,18(22)23-4)25-14-9-7-6-8-10-14;/h2*8-12,14-17,19H,7,13H2,1-6H3;7-11,13-15,17-18,21H,6,12H2,1-5H3;2*6-10,12-13,15-17,20-21H,5,11H2,1-4H3;1H4/t2*14-,15-,16-,17-,19?,21-;13-,14-,15-,17-,18?,20-;2*12-,13-,15-,16-,17?,19-;/m11111./s1. The molecule has 126 heavy (non-hydrogen) atoms. The molecule has 30 atom stereocenters. The third kappa shape index (κ3) is 28.7. The SMILES string of the molecule is C.CC[C@@H](C)[C@@H](C)C1O[C@](Sc2ccccc2)(C(=O)OC)C[C@@H](C)[C@H]1C.CC[C@@H](C)[C@@H](C)C1O[C@](Sc2ccccc2)(C(=O)OC)C[C@@H](C)[C@H]1C.CC[C@@H](C)[C@@H](O)C1O[C@](Sc2ccccc2)(C(=O)OC)C[C@@H](C)[C@H]1C.CC[C@@H](O)[C@@H](O)C1O[C@](Sc2ccccc2)(C(=O)OC)C[C@@H](C)[C@H]1C.CC[C@@H](O)[C@@H](O)C1O[C@](Sc2ccccc2)(C(=O)OC)C[C@@H](C)[C@H]1C. The fourth-order valence-corrected chi connectivity index (χ4v) is 23.8. The molecule has 0 saturated carbocycles. The van der Waals surface area contributed by atoms with Crippen LogP contribution in [-0.2, 0) is 71.3 Å². The van der Waals surface area contributed by atoms with Crippen LogP contribution in [0, 0.1) is 88.8 Å². The lowest BCUT2D eigenvalue weighted by molar-refractivity contribution is -0.202. The molecule has 20 nitrogen and oxygen atoms in total. The summed E-state index contributed by atoms with van der Waals surface area (Å²) >= 11 is 6.97. The molecule has 0 radical (unpaired) electrons. The Morgan fingerprint density at radius 1 is 0.302 bits per heavy atom. The van der Waals surface area contributed by atoms with Crippen LogP contribution in [0.5, 0.6) is 0 Å². The van der Waals surface area contributed by atoms with E-state index in [-0.39, 0.29) is 79.0 Å². The van der Waals surface area contributed by atoms with E-state index in [2.05, 4.69) is 90.0 Å². The highest BCUT2D eigenvalue weighted by molar-refractivity contribution is 8.02. The van der Waals surface area contributed by atoms with Gasteiger partial charge in [-0.05, 0) is 162 Å². The van der Waals surface area contributed by atoms with Gasteiger partial charge < -0.3 is 72.9 Å². The van der Waals surface area contributed by atoms with Crippen LogP contribution in [-0.4, -0.2) is 177 Å². The molecule has 5 unspecified atom stereocenters. The van der Waals surface area contributed by atoms with Gasteiger partial charge in [0, 0.05) is 56.6 Å². The van der Waals surface area contributed by atoms with Crippen LogP contribution in [0.2, 0.25) is 0 Å². The maximum Gasteiger partial charge on any atom is 0.349 e. The van der Waals surface area contributed by atoms with E-state index in [1.807, 2.05) is 186 Å². The zero-order valence-corrected chi connectivity index (χ0v) is 82.9. The Hall–Kier alpha value is -5.20. The van der Waals surface area contributed by atoms with Crippen molar-refractivity contribution in [1.29, 1.82) is 0 Å². The summed E-state index contributed by atoms with van der Waals surface area (Å²) < 4.78 is 57.4. The summed E-state index contributed by atoms with van der Waals surface area (Å²) in [5.74, 6) is 2.36. The number of ether oxygens (including phenoxy) is 10. The van der Waals surface area contributed by atoms with Crippen LogP contribution >= 0.6 is 58.8 Å². The van der Waals surface area contributed by atoms with Gasteiger partial charge >= 0.3 is 29.8 Å². The van der Waals surface area contributed by atoms with E-state index in [1.54, 1.807) is 13.8 Å². The minimum Gasteiger partial charge on any atom is -0.466 e. The van der Waals surface area contributed by atoms with Gasteiger partial charge in [-0.15, -0.1) is 0 Å². The third-order valence-electron chi connectivity index (χ3n) is 27.3. The molecule has 5 aliphatic heterocycles. The number of methoxy groups -OCH3 is 5. The molecule has 10 rings (SSSR count). The average molecular weight is 1850 g/mol. The first kappa shape index (κ1) is 111. The number of rotatable bonds is 30. The molecule has 25 heteroatoms. The van der Waals surface area contributed by atoms with Crippen molar-refractivity contribution in [1.82, 2.24) is 0 Å². The Morgan fingerprint density at radius 2 is 0.476 bits per heavy atom. The molecule has 0 aliphatic carbocycles. The molecule has 0 bridgehead atoms. The maximum atomic E-state index is 12.8. The molecular formula is C101H154O20S5. The fraction of sp³-hybridized carbons (Fsp3) is 0.653. The smallest absolute Gasteiger partial charge is 0.349 e. The van der Waals surface area contributed by atoms with Crippen LogP contribution in [0.3, 0.4) is 0 Å². The van der Waals surface area contributed by atoms with Crippen molar-refractivity contribution in [2.45, 2.75) is 320 Å². The number of esters is 5. The zero-order chi connectivity index (χ0) is 93.1. The zero-order valence-electron chi connectivity index (χ0n) is 78.8. The molecule has 5 N–H and O–H groups in total. The van der Waals surface area contributed by atoms with Crippen LogP contribution in [0.25, 0.3) is 0 Å². The number of hydrogen-bond acceptors (Lipinski definition) is 25. The second kappa shape index (κ2) is 52.3. The molecule has 708 valence electrons. The summed E-state index contributed by atoms with van der Waals surface area (Å²) in [6.45, 7) is 42.4. The molecule has 0 amide bonds. The van der Waals surface area contributed by atoms with Crippen molar-refractivity contribution < 1.29 is 96.9 Å². The first-order valence-electron chi connectivity index (χ1n) is 45.1. The van der Waals surface area contributed by atoms with Crippen LogP contribution in [0.15, 0.2) is 176 Å². The van der Waals surface area contributed by atoms with Gasteiger partial charge in [-0.1, -0.05) is 315 Å². The lowest BCUT2D eigenvalue weighted by Crippen LogP contribution is -2.56. The third-order valence-corrected chi connectivity index (χ3v) is 33.6. The number of aliphatic hydroxyl groups is 5. The Balaban J connectivity index is 0.000000279. The minimum absolute atomic E-state index is 0. The van der Waals surface area contributed by atoms with Crippen LogP contribution < -0.4 is 0 Å². The molecule has 5 aromatic carbocycles. The van der Waals surface area contributed by atoms with E-state index >= 15 is 0 Å². The number of benzene rings is 5. The summed E-state index contributed by atoms with van der Waals surface area (Å²) in [5, 5.41) is 52.1. The highest BCUT2D eigenvalue weighted by Crippen LogP contribution is 2.55. The van der Waals surface area contributed by atoms with E-state index in [9.17, 15) is 49.5 Å². The average Bonchev–Trinajstić information content (AvgIpc) is 0.789. The van der Waals surface area contributed by atoms with Crippen molar-refractivity contribution in [2.24, 2.45) is 88.8 Å². The largest absolute Gasteiger partial charge is 0.466 e. The van der Waals surface area contributed by atoms with Gasteiger partial charge in [0.15, 0.2) is 0 Å². The highest BCUT2D eigenvalue weighted by Gasteiger charge is 2.59. The van der Waals surface area contributed by atoms with Crippen LogP contribution in [0.4, 0.5) is 0 Å². The summed E-state index contributed by atoms with van der Waals surface area (Å²) in [7, 11) is 6.98. The van der Waals surface area contributed by atoms with Crippen molar-refractivity contribution >= 4 is 88.7 Å². The monoisotopic (exact) mass is 1850 g/mol. The predicted octanol–water partition coefficient (Wildman–Crippen LogP) is 21.2. The Labute approximate surface area is 776 Å². The molecule has 5 aromatic rings. The van der Waals surface area contributed by atoms with E-state index in [0.717, 1.165) is 43.7 Å². The van der Waals surface area contributed by atoms with Crippen molar-refractivity contribution in [3.63, 3.8) is 0 Å². The number of thioether (sulfide) groups is 5. The molecule has 5 aliphatic rings. The fourth-order valence-electron chi connectivity index (χ4n) is 17.1. The van der Waals surface area contributed by atoms with Crippen molar-refractivity contribution in [3.8, 4) is 0 Å². The highest BCUT2D eigenvalue weighted by atomic mass is 32.2. The first-order valence-corrected chi connectivity index (χ1v) is 49.2. The molecule has 0 aromatic heterocycles. The first-order chi connectivity index (χ1) is 59.2. The van der Waals surface area contributed by atoms with E-state index in [1.165, 1.54) is 94.4 Å². The number of aliphatic hydroxyl groups excluding tert-OH is 5. The second-order valence-electron chi connectivity index (χ2n) is 35.7. The van der Waals surface area contributed by atoms with Crippen LogP contribution in [0.1, 0.15) is 210 Å². The van der Waals surface area contributed by atoms with E-state index in [4.69, 9.17) is 47.4 Å². The quantitative estimate of drug-likeness (QED) is 0.0211. The van der Waals surface area contributed by atoms with Gasteiger partial charge in [-0.25, -0.2) is 24.0 Å². The lowest BCUT2D eigenvalue weighted by atomic mass is 9.75.